The summed E-state index contributed by atoms with van der Waals surface area (Å²) in [5.41, 5.74) is 1.59. The summed E-state index contributed by atoms with van der Waals surface area (Å²) < 4.78 is 0. The number of hydrogen-bond acceptors (Lipinski definition) is 6. The van der Waals surface area contributed by atoms with Crippen LogP contribution in [0.2, 0.25) is 0 Å². The van der Waals surface area contributed by atoms with E-state index < -0.39 is 0 Å². The number of Topliss-reactive ketones (excluding diaryl/α,β-unsaturated/α-hetero) is 2. The number of nitrogens with one attached hydrogen (secondary N) is 2. The molecule has 2 fully saturated rings. The average molecular weight is 547 g/mol. The molecule has 2 N–H and O–H groups in total. The molecule has 6 heteroatoms. The lowest BCUT2D eigenvalue weighted by Gasteiger charge is -2.50. The minimum absolute atomic E-state index is 0.149. The van der Waals surface area contributed by atoms with Crippen LogP contribution < -0.4 is 10.6 Å². The molecule has 2 aliphatic rings. The van der Waals surface area contributed by atoms with Crippen LogP contribution in [0.25, 0.3) is 0 Å². The molecule has 2 unspecified atom stereocenters. The predicted molar refractivity (Wildman–Crippen MR) is 164 cm³/mol. The maximum Gasteiger partial charge on any atom is 0.164 e. The molecule has 2 aliphatic heterocycles. The third-order valence-corrected chi connectivity index (χ3v) is 8.66. The molecule has 0 bridgehead atoms. The molecule has 0 amide bonds. The van der Waals surface area contributed by atoms with Gasteiger partial charge >= 0.3 is 0 Å². The third kappa shape index (κ3) is 9.07. The Kier molecular flexibility index (Phi) is 12.8. The van der Waals surface area contributed by atoms with Crippen molar-refractivity contribution in [1.29, 1.82) is 0 Å². The van der Waals surface area contributed by atoms with Gasteiger partial charge in [-0.15, -0.1) is 0 Å². The Labute approximate surface area is 241 Å². The summed E-state index contributed by atoms with van der Waals surface area (Å²) in [5.74, 6) is 0.426. The van der Waals surface area contributed by atoms with Gasteiger partial charge in [-0.1, -0.05) is 113 Å². The summed E-state index contributed by atoms with van der Waals surface area (Å²) in [6.45, 7) is 7.64. The van der Waals surface area contributed by atoms with E-state index in [1.807, 2.05) is 60.7 Å². The standard InChI is InChI=1S/C34H50N4O2/c1-2-3-4-5-6-7-14-19-34(37-22-20-35-26-30(37)24-32(39)28-15-10-8-11-16-28)38-23-21-36-27-31(38)25-33(40)29-17-12-9-13-18-29/h8-13,15-18,30-31,34-36H,2-7,14,19-27H2,1H3. The Morgan fingerprint density at radius 2 is 1.15 bits per heavy atom. The van der Waals surface area contributed by atoms with E-state index in [4.69, 9.17) is 0 Å². The lowest BCUT2D eigenvalue weighted by Crippen LogP contribution is -2.65. The fraction of sp³-hybridized carbons (Fsp3) is 0.588. The molecule has 2 aromatic rings. The number of nitrogens with zero attached hydrogens (tertiary/aromatic N) is 2. The van der Waals surface area contributed by atoms with E-state index in [0.29, 0.717) is 12.8 Å². The van der Waals surface area contributed by atoms with E-state index in [1.54, 1.807) is 0 Å². The van der Waals surface area contributed by atoms with E-state index in [9.17, 15) is 9.59 Å². The van der Waals surface area contributed by atoms with Gasteiger partial charge in [-0.25, -0.2) is 0 Å². The fourth-order valence-electron chi connectivity index (χ4n) is 6.43. The highest BCUT2D eigenvalue weighted by Crippen LogP contribution is 2.26. The summed E-state index contributed by atoms with van der Waals surface area (Å²) in [5, 5.41) is 7.12. The molecule has 2 aromatic carbocycles. The van der Waals surface area contributed by atoms with Crippen molar-refractivity contribution in [1.82, 2.24) is 20.4 Å². The second-order valence-electron chi connectivity index (χ2n) is 11.6. The van der Waals surface area contributed by atoms with Crippen LogP contribution in [0.4, 0.5) is 0 Å². The number of carbonyl (C=O) groups is 2. The second-order valence-corrected chi connectivity index (χ2v) is 11.6. The lowest BCUT2D eigenvalue weighted by atomic mass is 9.96. The maximum absolute atomic E-state index is 13.3. The number of rotatable bonds is 16. The third-order valence-electron chi connectivity index (χ3n) is 8.66. The molecular formula is C34H50N4O2. The molecule has 2 heterocycles. The van der Waals surface area contributed by atoms with Gasteiger partial charge in [0.15, 0.2) is 11.6 Å². The first kappa shape index (κ1) is 30.6. The highest BCUT2D eigenvalue weighted by Gasteiger charge is 2.37. The van der Waals surface area contributed by atoms with Gasteiger partial charge in [-0.05, 0) is 6.42 Å². The molecular weight excluding hydrogens is 496 g/mol. The van der Waals surface area contributed by atoms with Crippen LogP contribution in [0, 0.1) is 0 Å². The molecule has 218 valence electrons. The van der Waals surface area contributed by atoms with E-state index in [2.05, 4.69) is 27.4 Å². The summed E-state index contributed by atoms with van der Waals surface area (Å²) in [6.07, 6.45) is 11.4. The quantitative estimate of drug-likeness (QED) is 0.213. The highest BCUT2D eigenvalue weighted by molar-refractivity contribution is 5.97. The monoisotopic (exact) mass is 546 g/mol. The Hall–Kier alpha value is -2.38. The number of carbonyl (C=O) groups excluding carboxylic acids is 2. The molecule has 2 saturated heterocycles. The zero-order valence-electron chi connectivity index (χ0n) is 24.5. The van der Waals surface area contributed by atoms with Crippen LogP contribution in [0.15, 0.2) is 60.7 Å². The summed E-state index contributed by atoms with van der Waals surface area (Å²) >= 11 is 0. The van der Waals surface area contributed by atoms with Gasteiger partial charge in [0, 0.05) is 75.3 Å². The van der Waals surface area contributed by atoms with Crippen LogP contribution in [-0.2, 0) is 0 Å². The lowest BCUT2D eigenvalue weighted by molar-refractivity contribution is -0.0374. The van der Waals surface area contributed by atoms with Crippen molar-refractivity contribution >= 4 is 11.6 Å². The molecule has 0 saturated carbocycles. The normalized spacial score (nSPS) is 21.2. The Balaban J connectivity index is 1.49. The molecule has 6 nitrogen and oxygen atoms in total. The average Bonchev–Trinajstić information content (AvgIpc) is 3.00. The van der Waals surface area contributed by atoms with Crippen LogP contribution in [0.1, 0.15) is 91.8 Å². The Morgan fingerprint density at radius 1 is 0.700 bits per heavy atom. The highest BCUT2D eigenvalue weighted by atomic mass is 16.1. The number of benzene rings is 2. The van der Waals surface area contributed by atoms with Crippen LogP contribution >= 0.6 is 0 Å². The zero-order chi connectivity index (χ0) is 28.0. The van der Waals surface area contributed by atoms with Gasteiger partial charge in [-0.2, -0.15) is 0 Å². The van der Waals surface area contributed by atoms with Gasteiger partial charge in [-0.3, -0.25) is 19.4 Å². The molecule has 0 radical (unpaired) electrons. The molecule has 0 spiro atoms. The van der Waals surface area contributed by atoms with E-state index >= 15 is 0 Å². The SMILES string of the molecule is CCCCCCCCCC(N1CCNCC1CC(=O)c1ccccc1)N1CCNCC1CC(=O)c1ccccc1. The minimum atomic E-state index is 0.149. The van der Waals surface area contributed by atoms with Crippen LogP contribution in [0.3, 0.4) is 0 Å². The Bertz CT molecular complexity index is 942. The van der Waals surface area contributed by atoms with Crippen LogP contribution in [-0.4, -0.2) is 78.9 Å². The first-order chi connectivity index (χ1) is 19.7. The van der Waals surface area contributed by atoms with Gasteiger partial charge in [0.1, 0.15) is 0 Å². The fourth-order valence-corrected chi connectivity index (χ4v) is 6.43. The molecule has 2 atom stereocenters. The van der Waals surface area contributed by atoms with Gasteiger partial charge in [0.05, 0.1) is 6.17 Å². The molecule has 40 heavy (non-hydrogen) atoms. The summed E-state index contributed by atoms with van der Waals surface area (Å²) in [4.78, 5) is 31.8. The zero-order valence-corrected chi connectivity index (χ0v) is 24.5. The topological polar surface area (TPSA) is 64.7 Å². The van der Waals surface area contributed by atoms with Crippen molar-refractivity contribution in [2.75, 3.05) is 39.3 Å². The summed E-state index contributed by atoms with van der Waals surface area (Å²) in [7, 11) is 0. The number of hydrogen-bond donors (Lipinski definition) is 2. The van der Waals surface area contributed by atoms with Crippen molar-refractivity contribution in [2.45, 2.75) is 89.4 Å². The second kappa shape index (κ2) is 16.8. The molecule has 4 rings (SSSR count). The van der Waals surface area contributed by atoms with Gasteiger partial charge < -0.3 is 10.6 Å². The van der Waals surface area contributed by atoms with Crippen LogP contribution in [0.5, 0.6) is 0 Å². The molecule has 0 aromatic heterocycles. The smallest absolute Gasteiger partial charge is 0.164 e. The number of ketones is 2. The molecule has 0 aliphatic carbocycles. The van der Waals surface area contributed by atoms with Crippen molar-refractivity contribution in [3.8, 4) is 0 Å². The Morgan fingerprint density at radius 3 is 1.62 bits per heavy atom. The number of piperazine rings is 2. The minimum Gasteiger partial charge on any atom is -0.314 e. The van der Waals surface area contributed by atoms with E-state index in [0.717, 1.165) is 56.8 Å². The summed E-state index contributed by atoms with van der Waals surface area (Å²) in [6, 6.07) is 19.7. The van der Waals surface area contributed by atoms with Gasteiger partial charge in [0.25, 0.3) is 0 Å². The predicted octanol–water partition coefficient (Wildman–Crippen LogP) is 5.55. The first-order valence-corrected chi connectivity index (χ1v) is 15.8. The van der Waals surface area contributed by atoms with Crippen molar-refractivity contribution in [2.24, 2.45) is 0 Å². The maximum atomic E-state index is 13.3. The first-order valence-electron chi connectivity index (χ1n) is 15.8. The number of unbranched alkanes of at least 4 members (excludes halogenated alkanes) is 6. The van der Waals surface area contributed by atoms with E-state index in [-0.39, 0.29) is 29.8 Å². The van der Waals surface area contributed by atoms with E-state index in [1.165, 1.54) is 44.9 Å². The van der Waals surface area contributed by atoms with Gasteiger partial charge in [0.2, 0.25) is 0 Å². The largest absolute Gasteiger partial charge is 0.314 e. The van der Waals surface area contributed by atoms with Crippen molar-refractivity contribution in [3.63, 3.8) is 0 Å². The van der Waals surface area contributed by atoms with Crippen molar-refractivity contribution in [3.05, 3.63) is 71.8 Å². The van der Waals surface area contributed by atoms with Crippen molar-refractivity contribution < 1.29 is 9.59 Å².